The molecular weight excluding hydrogens is 246 g/mol. The Morgan fingerprint density at radius 2 is 2.39 bits per heavy atom. The van der Waals surface area contributed by atoms with Gasteiger partial charge < -0.3 is 10.6 Å². The summed E-state index contributed by atoms with van der Waals surface area (Å²) in [6.07, 6.45) is 1.90. The first-order valence-electron chi connectivity index (χ1n) is 6.14. The number of carbonyl (C=O) groups excluding carboxylic acids is 1. The molecule has 0 bridgehead atoms. The number of para-hydroxylation sites is 1. The molecule has 0 aliphatic carbocycles. The maximum Gasteiger partial charge on any atom is 0.242 e. The molecule has 1 unspecified atom stereocenters. The van der Waals surface area contributed by atoms with E-state index < -0.39 is 0 Å². The van der Waals surface area contributed by atoms with Crippen LogP contribution in [0.2, 0.25) is 0 Å². The number of fused-ring (bicyclic) bond motifs is 1. The number of carbonyl (C=O) groups is 1. The summed E-state index contributed by atoms with van der Waals surface area (Å²) < 4.78 is 1.16. The lowest BCUT2D eigenvalue weighted by atomic mass is 10.1. The number of nitrogens with zero attached hydrogens (tertiary/aromatic N) is 1. The van der Waals surface area contributed by atoms with Crippen molar-refractivity contribution >= 4 is 32.6 Å². The van der Waals surface area contributed by atoms with E-state index in [2.05, 4.69) is 34.7 Å². The average Bonchev–Trinajstić information content (AvgIpc) is 2.76. The van der Waals surface area contributed by atoms with Crippen molar-refractivity contribution < 1.29 is 4.79 Å². The van der Waals surface area contributed by atoms with Gasteiger partial charge in [-0.2, -0.15) is 0 Å². The number of aryl methyl sites for hydroxylation is 1. The summed E-state index contributed by atoms with van der Waals surface area (Å²) in [7, 11) is 0. The Morgan fingerprint density at radius 1 is 1.50 bits per heavy atom. The number of anilines is 1. The molecule has 0 saturated carbocycles. The normalized spacial score (nSPS) is 19.8. The molecule has 2 heterocycles. The van der Waals surface area contributed by atoms with Crippen LogP contribution in [0.3, 0.4) is 0 Å². The number of hydrogen-bond acceptors (Lipinski definition) is 4. The van der Waals surface area contributed by atoms with E-state index in [0.29, 0.717) is 0 Å². The van der Waals surface area contributed by atoms with E-state index in [-0.39, 0.29) is 11.9 Å². The van der Waals surface area contributed by atoms with Gasteiger partial charge in [-0.3, -0.25) is 4.79 Å². The van der Waals surface area contributed by atoms with E-state index in [9.17, 15) is 4.79 Å². The van der Waals surface area contributed by atoms with E-state index in [0.717, 1.165) is 34.7 Å². The standard InChI is InChI=1S/C13H15N3OS/c1-8-4-2-6-10-11(8)16-13(18-10)15-9-5-3-7-14-12(9)17/h2,4,6,9H,3,5,7H2,1H3,(H,14,17)(H,15,16). The molecule has 1 atom stereocenters. The zero-order valence-electron chi connectivity index (χ0n) is 10.2. The molecule has 1 saturated heterocycles. The fourth-order valence-corrected chi connectivity index (χ4v) is 3.20. The summed E-state index contributed by atoms with van der Waals surface area (Å²) in [6.45, 7) is 2.84. The molecule has 4 nitrogen and oxygen atoms in total. The Hall–Kier alpha value is -1.62. The average molecular weight is 261 g/mol. The van der Waals surface area contributed by atoms with Crippen LogP contribution in [-0.2, 0) is 4.79 Å². The summed E-state index contributed by atoms with van der Waals surface area (Å²) in [5.41, 5.74) is 2.20. The molecule has 94 valence electrons. The Bertz CT molecular complexity index is 593. The van der Waals surface area contributed by atoms with Gasteiger partial charge in [0, 0.05) is 6.54 Å². The molecule has 1 aromatic heterocycles. The van der Waals surface area contributed by atoms with Crippen molar-refractivity contribution in [2.75, 3.05) is 11.9 Å². The molecule has 2 aromatic rings. The monoisotopic (exact) mass is 261 g/mol. The van der Waals surface area contributed by atoms with Gasteiger partial charge in [-0.05, 0) is 31.4 Å². The third-order valence-corrected chi connectivity index (χ3v) is 4.16. The van der Waals surface area contributed by atoms with E-state index in [1.54, 1.807) is 11.3 Å². The summed E-state index contributed by atoms with van der Waals surface area (Å²) >= 11 is 1.60. The lowest BCUT2D eigenvalue weighted by molar-refractivity contribution is -0.123. The first-order valence-corrected chi connectivity index (χ1v) is 6.96. The number of thiazole rings is 1. The van der Waals surface area contributed by atoms with Crippen molar-refractivity contribution in [1.82, 2.24) is 10.3 Å². The molecule has 5 heteroatoms. The summed E-state index contributed by atoms with van der Waals surface area (Å²) in [5, 5.41) is 6.95. The van der Waals surface area contributed by atoms with Gasteiger partial charge in [-0.25, -0.2) is 4.98 Å². The van der Waals surface area contributed by atoms with Gasteiger partial charge in [0.1, 0.15) is 6.04 Å². The van der Waals surface area contributed by atoms with E-state index >= 15 is 0 Å². The minimum atomic E-state index is -0.139. The predicted molar refractivity (Wildman–Crippen MR) is 74.0 cm³/mol. The van der Waals surface area contributed by atoms with Gasteiger partial charge >= 0.3 is 0 Å². The van der Waals surface area contributed by atoms with Crippen molar-refractivity contribution in [2.24, 2.45) is 0 Å². The highest BCUT2D eigenvalue weighted by molar-refractivity contribution is 7.22. The molecule has 2 N–H and O–H groups in total. The van der Waals surface area contributed by atoms with Gasteiger partial charge in [0.2, 0.25) is 5.91 Å². The van der Waals surface area contributed by atoms with Crippen LogP contribution < -0.4 is 10.6 Å². The SMILES string of the molecule is Cc1cccc2sc(NC3CCCNC3=O)nc12. The van der Waals surface area contributed by atoms with Crippen molar-refractivity contribution in [3.63, 3.8) is 0 Å². The Labute approximate surface area is 109 Å². The number of nitrogens with one attached hydrogen (secondary N) is 2. The highest BCUT2D eigenvalue weighted by atomic mass is 32.1. The number of amides is 1. The maximum atomic E-state index is 11.7. The fourth-order valence-electron chi connectivity index (χ4n) is 2.21. The fraction of sp³-hybridized carbons (Fsp3) is 0.385. The van der Waals surface area contributed by atoms with Crippen LogP contribution in [-0.4, -0.2) is 23.5 Å². The van der Waals surface area contributed by atoms with Gasteiger partial charge in [-0.1, -0.05) is 23.5 Å². The second-order valence-corrected chi connectivity index (χ2v) is 5.60. The first-order chi connectivity index (χ1) is 8.74. The van der Waals surface area contributed by atoms with Gasteiger partial charge in [0.15, 0.2) is 5.13 Å². The van der Waals surface area contributed by atoms with Crippen LogP contribution in [0, 0.1) is 6.92 Å². The number of benzene rings is 1. The van der Waals surface area contributed by atoms with Crippen molar-refractivity contribution in [3.05, 3.63) is 23.8 Å². The largest absolute Gasteiger partial charge is 0.354 e. The summed E-state index contributed by atoms with van der Waals surface area (Å²) in [5.74, 6) is 0.0808. The van der Waals surface area contributed by atoms with E-state index in [1.165, 1.54) is 5.56 Å². The van der Waals surface area contributed by atoms with Crippen LogP contribution in [0.1, 0.15) is 18.4 Å². The van der Waals surface area contributed by atoms with Crippen LogP contribution in [0.25, 0.3) is 10.2 Å². The highest BCUT2D eigenvalue weighted by Gasteiger charge is 2.22. The molecule has 3 rings (SSSR count). The molecule has 0 spiro atoms. The van der Waals surface area contributed by atoms with Crippen LogP contribution in [0.4, 0.5) is 5.13 Å². The van der Waals surface area contributed by atoms with Crippen molar-refractivity contribution in [3.8, 4) is 0 Å². The summed E-state index contributed by atoms with van der Waals surface area (Å²) in [4.78, 5) is 16.3. The quantitative estimate of drug-likeness (QED) is 0.872. The molecular formula is C13H15N3OS. The predicted octanol–water partition coefficient (Wildman–Crippen LogP) is 2.30. The minimum absolute atomic E-state index is 0.0808. The van der Waals surface area contributed by atoms with E-state index in [4.69, 9.17) is 0 Å². The van der Waals surface area contributed by atoms with Crippen LogP contribution in [0.5, 0.6) is 0 Å². The van der Waals surface area contributed by atoms with Gasteiger partial charge in [0.25, 0.3) is 0 Å². The molecule has 0 radical (unpaired) electrons. The first kappa shape index (κ1) is 11.5. The molecule has 1 amide bonds. The Morgan fingerprint density at radius 3 is 3.17 bits per heavy atom. The van der Waals surface area contributed by atoms with Gasteiger partial charge in [-0.15, -0.1) is 0 Å². The maximum absolute atomic E-state index is 11.7. The minimum Gasteiger partial charge on any atom is -0.354 e. The highest BCUT2D eigenvalue weighted by Crippen LogP contribution is 2.28. The zero-order valence-corrected chi connectivity index (χ0v) is 11.0. The Balaban J connectivity index is 1.86. The third-order valence-electron chi connectivity index (χ3n) is 3.20. The molecule has 1 aliphatic heterocycles. The number of rotatable bonds is 2. The molecule has 1 fully saturated rings. The number of hydrogen-bond donors (Lipinski definition) is 2. The second-order valence-electron chi connectivity index (χ2n) is 4.57. The topological polar surface area (TPSA) is 54.0 Å². The molecule has 1 aromatic carbocycles. The van der Waals surface area contributed by atoms with Crippen molar-refractivity contribution in [2.45, 2.75) is 25.8 Å². The smallest absolute Gasteiger partial charge is 0.242 e. The lowest BCUT2D eigenvalue weighted by Gasteiger charge is -2.22. The number of piperidine rings is 1. The number of aromatic nitrogens is 1. The van der Waals surface area contributed by atoms with Crippen LogP contribution in [0.15, 0.2) is 18.2 Å². The third kappa shape index (κ3) is 2.06. The zero-order chi connectivity index (χ0) is 12.5. The van der Waals surface area contributed by atoms with Crippen LogP contribution >= 0.6 is 11.3 Å². The Kier molecular flexibility index (Phi) is 2.91. The molecule has 18 heavy (non-hydrogen) atoms. The summed E-state index contributed by atoms with van der Waals surface area (Å²) in [6, 6.07) is 6.01. The van der Waals surface area contributed by atoms with Crippen molar-refractivity contribution in [1.29, 1.82) is 0 Å². The molecule has 1 aliphatic rings. The second kappa shape index (κ2) is 4.57. The van der Waals surface area contributed by atoms with E-state index in [1.807, 2.05) is 6.07 Å². The lowest BCUT2D eigenvalue weighted by Crippen LogP contribution is -2.44. The van der Waals surface area contributed by atoms with Gasteiger partial charge in [0.05, 0.1) is 10.2 Å².